The summed E-state index contributed by atoms with van der Waals surface area (Å²) in [6, 6.07) is 6.67. The van der Waals surface area contributed by atoms with Crippen molar-refractivity contribution in [3.05, 3.63) is 29.8 Å². The van der Waals surface area contributed by atoms with Crippen molar-refractivity contribution in [1.82, 2.24) is 5.32 Å². The van der Waals surface area contributed by atoms with E-state index in [2.05, 4.69) is 21.2 Å². The first-order valence-electron chi connectivity index (χ1n) is 5.30. The van der Waals surface area contributed by atoms with E-state index >= 15 is 0 Å². The van der Waals surface area contributed by atoms with Gasteiger partial charge in [-0.3, -0.25) is 4.79 Å². The minimum Gasteiger partial charge on any atom is -0.507 e. The molecule has 0 radical (unpaired) electrons. The molecule has 0 fully saturated rings. The summed E-state index contributed by atoms with van der Waals surface area (Å²) < 4.78 is 0. The number of aromatic hydroxyl groups is 1. The maximum atomic E-state index is 11.8. The zero-order valence-electron chi connectivity index (χ0n) is 9.24. The number of para-hydroxylation sites is 1. The SMILES string of the molecule is CC(CCCBr)NC(=O)c1ccccc1O. The smallest absolute Gasteiger partial charge is 0.255 e. The van der Waals surface area contributed by atoms with E-state index < -0.39 is 0 Å². The molecule has 1 rings (SSSR count). The number of phenolic OH excluding ortho intramolecular Hbond substituents is 1. The summed E-state index contributed by atoms with van der Waals surface area (Å²) in [6.45, 7) is 1.96. The maximum absolute atomic E-state index is 11.8. The first kappa shape index (κ1) is 13.0. The van der Waals surface area contributed by atoms with Crippen LogP contribution in [0.3, 0.4) is 0 Å². The van der Waals surface area contributed by atoms with Gasteiger partial charge < -0.3 is 10.4 Å². The lowest BCUT2D eigenvalue weighted by Gasteiger charge is -2.13. The minimum atomic E-state index is -0.222. The average Bonchev–Trinajstić information content (AvgIpc) is 2.26. The van der Waals surface area contributed by atoms with E-state index in [1.807, 2.05) is 6.92 Å². The molecule has 16 heavy (non-hydrogen) atoms. The lowest BCUT2D eigenvalue weighted by atomic mass is 10.1. The number of carbonyl (C=O) groups excluding carboxylic acids is 1. The molecule has 3 nitrogen and oxygen atoms in total. The van der Waals surface area contributed by atoms with Crippen LogP contribution in [0.25, 0.3) is 0 Å². The fourth-order valence-corrected chi connectivity index (χ4v) is 1.75. The van der Waals surface area contributed by atoms with Crippen molar-refractivity contribution >= 4 is 21.8 Å². The van der Waals surface area contributed by atoms with Gasteiger partial charge in [-0.05, 0) is 31.9 Å². The minimum absolute atomic E-state index is 0.0210. The van der Waals surface area contributed by atoms with E-state index in [0.29, 0.717) is 5.56 Å². The van der Waals surface area contributed by atoms with Crippen LogP contribution in [0.2, 0.25) is 0 Å². The van der Waals surface area contributed by atoms with Crippen LogP contribution in [-0.4, -0.2) is 22.4 Å². The van der Waals surface area contributed by atoms with Crippen molar-refractivity contribution in [2.75, 3.05) is 5.33 Å². The molecule has 0 heterocycles. The van der Waals surface area contributed by atoms with Gasteiger partial charge in [0.05, 0.1) is 5.56 Å². The first-order valence-corrected chi connectivity index (χ1v) is 6.42. The summed E-state index contributed by atoms with van der Waals surface area (Å²) in [5, 5.41) is 13.3. The van der Waals surface area contributed by atoms with Gasteiger partial charge in [-0.1, -0.05) is 28.1 Å². The Bertz CT molecular complexity index is 355. The largest absolute Gasteiger partial charge is 0.507 e. The lowest BCUT2D eigenvalue weighted by molar-refractivity contribution is 0.0935. The van der Waals surface area contributed by atoms with E-state index in [-0.39, 0.29) is 17.7 Å². The highest BCUT2D eigenvalue weighted by Crippen LogP contribution is 2.15. The highest BCUT2D eigenvalue weighted by atomic mass is 79.9. The molecule has 0 aliphatic heterocycles. The Morgan fingerprint density at radius 1 is 1.50 bits per heavy atom. The van der Waals surface area contributed by atoms with Crippen LogP contribution in [0, 0.1) is 0 Å². The number of carbonyl (C=O) groups is 1. The van der Waals surface area contributed by atoms with Crippen LogP contribution in [0.4, 0.5) is 0 Å². The van der Waals surface area contributed by atoms with Gasteiger partial charge in [0.25, 0.3) is 5.91 Å². The van der Waals surface area contributed by atoms with E-state index in [1.54, 1.807) is 18.2 Å². The molecule has 4 heteroatoms. The highest BCUT2D eigenvalue weighted by molar-refractivity contribution is 9.09. The Hall–Kier alpha value is -1.03. The van der Waals surface area contributed by atoms with Gasteiger partial charge in [0.2, 0.25) is 0 Å². The van der Waals surface area contributed by atoms with Gasteiger partial charge in [-0.15, -0.1) is 0 Å². The second-order valence-corrected chi connectivity index (χ2v) is 4.52. The lowest BCUT2D eigenvalue weighted by Crippen LogP contribution is -2.32. The number of hydrogen-bond acceptors (Lipinski definition) is 2. The third-order valence-corrected chi connectivity index (χ3v) is 2.86. The van der Waals surface area contributed by atoms with Crippen molar-refractivity contribution < 1.29 is 9.90 Å². The molecular weight excluding hydrogens is 270 g/mol. The van der Waals surface area contributed by atoms with E-state index in [9.17, 15) is 9.90 Å². The molecule has 1 amide bonds. The Morgan fingerprint density at radius 2 is 2.19 bits per heavy atom. The Kier molecular flexibility index (Phi) is 5.32. The molecule has 0 aromatic heterocycles. The summed E-state index contributed by atoms with van der Waals surface area (Å²) in [4.78, 5) is 11.8. The molecule has 0 aliphatic carbocycles. The molecule has 0 saturated carbocycles. The summed E-state index contributed by atoms with van der Waals surface area (Å²) in [5.41, 5.74) is 0.327. The fourth-order valence-electron chi connectivity index (χ4n) is 1.42. The highest BCUT2D eigenvalue weighted by Gasteiger charge is 2.12. The standard InChI is InChI=1S/C12H16BrNO2/c1-9(5-4-8-13)14-12(16)10-6-2-3-7-11(10)15/h2-3,6-7,9,15H,4-5,8H2,1H3,(H,14,16). The zero-order valence-corrected chi connectivity index (χ0v) is 10.8. The van der Waals surface area contributed by atoms with Gasteiger partial charge in [0, 0.05) is 11.4 Å². The van der Waals surface area contributed by atoms with Crippen LogP contribution in [0.5, 0.6) is 5.75 Å². The Morgan fingerprint density at radius 3 is 2.81 bits per heavy atom. The number of alkyl halides is 1. The summed E-state index contributed by atoms with van der Waals surface area (Å²) in [6.07, 6.45) is 1.94. The van der Waals surface area contributed by atoms with Crippen molar-refractivity contribution in [3.8, 4) is 5.75 Å². The van der Waals surface area contributed by atoms with Gasteiger partial charge in [-0.25, -0.2) is 0 Å². The van der Waals surface area contributed by atoms with Crippen molar-refractivity contribution in [1.29, 1.82) is 0 Å². The first-order chi connectivity index (χ1) is 7.65. The molecule has 0 spiro atoms. The molecule has 1 unspecified atom stereocenters. The number of hydrogen-bond donors (Lipinski definition) is 2. The molecule has 1 atom stereocenters. The monoisotopic (exact) mass is 285 g/mol. The van der Waals surface area contributed by atoms with Crippen LogP contribution in [-0.2, 0) is 0 Å². The van der Waals surface area contributed by atoms with Crippen LogP contribution in [0.15, 0.2) is 24.3 Å². The molecule has 0 bridgehead atoms. The van der Waals surface area contributed by atoms with E-state index in [0.717, 1.165) is 18.2 Å². The van der Waals surface area contributed by atoms with E-state index in [4.69, 9.17) is 0 Å². The molecule has 0 saturated heterocycles. The second kappa shape index (κ2) is 6.53. The normalized spacial score (nSPS) is 12.1. The van der Waals surface area contributed by atoms with Crippen LogP contribution >= 0.6 is 15.9 Å². The topological polar surface area (TPSA) is 49.3 Å². The predicted octanol–water partition coefficient (Wildman–Crippen LogP) is 2.69. The summed E-state index contributed by atoms with van der Waals surface area (Å²) in [5.74, 6) is -0.201. The quantitative estimate of drug-likeness (QED) is 0.818. The number of rotatable bonds is 5. The van der Waals surface area contributed by atoms with Gasteiger partial charge in [0.1, 0.15) is 5.75 Å². The van der Waals surface area contributed by atoms with Crippen LogP contribution in [0.1, 0.15) is 30.1 Å². The van der Waals surface area contributed by atoms with E-state index in [1.165, 1.54) is 6.07 Å². The zero-order chi connectivity index (χ0) is 12.0. The third-order valence-electron chi connectivity index (χ3n) is 2.30. The maximum Gasteiger partial charge on any atom is 0.255 e. The van der Waals surface area contributed by atoms with Crippen molar-refractivity contribution in [3.63, 3.8) is 0 Å². The molecule has 1 aromatic rings. The van der Waals surface area contributed by atoms with Gasteiger partial charge in [0.15, 0.2) is 0 Å². The molecule has 1 aromatic carbocycles. The molecule has 0 aliphatic rings. The molecular formula is C12H16BrNO2. The number of halogens is 1. The second-order valence-electron chi connectivity index (χ2n) is 3.72. The Balaban J connectivity index is 2.56. The number of nitrogens with one attached hydrogen (secondary N) is 1. The molecule has 2 N–H and O–H groups in total. The molecule has 88 valence electrons. The summed E-state index contributed by atoms with van der Waals surface area (Å²) in [7, 11) is 0. The number of amides is 1. The third kappa shape index (κ3) is 3.85. The number of benzene rings is 1. The van der Waals surface area contributed by atoms with Gasteiger partial charge >= 0.3 is 0 Å². The predicted molar refractivity (Wildman–Crippen MR) is 68.1 cm³/mol. The summed E-state index contributed by atoms with van der Waals surface area (Å²) >= 11 is 3.35. The van der Waals surface area contributed by atoms with Crippen molar-refractivity contribution in [2.45, 2.75) is 25.8 Å². The van der Waals surface area contributed by atoms with Gasteiger partial charge in [-0.2, -0.15) is 0 Å². The van der Waals surface area contributed by atoms with Crippen molar-refractivity contribution in [2.24, 2.45) is 0 Å². The number of phenols is 1. The Labute approximate surface area is 104 Å². The fraction of sp³-hybridized carbons (Fsp3) is 0.417. The average molecular weight is 286 g/mol. The van der Waals surface area contributed by atoms with Crippen LogP contribution < -0.4 is 5.32 Å².